The quantitative estimate of drug-likeness (QED) is 0.572. The Morgan fingerprint density at radius 3 is 2.47 bits per heavy atom. The first-order chi connectivity index (χ1) is 9.13. The third-order valence-electron chi connectivity index (χ3n) is 4.11. The first-order valence-corrected chi connectivity index (χ1v) is 8.21. The van der Waals surface area contributed by atoms with Gasteiger partial charge in [-0.3, -0.25) is 0 Å². The van der Waals surface area contributed by atoms with Crippen LogP contribution in [-0.4, -0.2) is 48.3 Å². The summed E-state index contributed by atoms with van der Waals surface area (Å²) < 4.78 is 0. The van der Waals surface area contributed by atoms with E-state index in [1.54, 1.807) is 0 Å². The molecule has 3 heteroatoms. The van der Waals surface area contributed by atoms with Crippen LogP contribution in [0.3, 0.4) is 0 Å². The molecule has 0 aromatic rings. The summed E-state index contributed by atoms with van der Waals surface area (Å²) in [5, 5.41) is 13.0. The van der Waals surface area contributed by atoms with Gasteiger partial charge in [0.05, 0.1) is 6.61 Å². The van der Waals surface area contributed by atoms with Crippen LogP contribution in [0.1, 0.15) is 59.3 Å². The summed E-state index contributed by atoms with van der Waals surface area (Å²) >= 11 is 0. The SMILES string of the molecule is CCCNC(C)(CO)CCCN(CCC)CC1CC1. The molecular formula is C16H34N2O. The highest BCUT2D eigenvalue weighted by molar-refractivity contribution is 4.83. The van der Waals surface area contributed by atoms with Gasteiger partial charge in [0.25, 0.3) is 0 Å². The zero-order valence-electron chi connectivity index (χ0n) is 13.2. The number of rotatable bonds is 12. The lowest BCUT2D eigenvalue weighted by Gasteiger charge is -2.30. The molecule has 114 valence electrons. The molecule has 1 saturated carbocycles. The standard InChI is InChI=1S/C16H34N2O/c1-4-10-17-16(3,14-19)9-6-12-18(11-5-2)13-15-7-8-15/h15,17,19H,4-14H2,1-3H3. The molecule has 0 aromatic heterocycles. The van der Waals surface area contributed by atoms with Gasteiger partial charge in [-0.1, -0.05) is 13.8 Å². The van der Waals surface area contributed by atoms with Crippen molar-refractivity contribution in [1.29, 1.82) is 0 Å². The molecule has 0 aromatic carbocycles. The zero-order chi connectivity index (χ0) is 14.1. The molecule has 0 bridgehead atoms. The molecule has 0 spiro atoms. The highest BCUT2D eigenvalue weighted by Crippen LogP contribution is 2.29. The fraction of sp³-hybridized carbons (Fsp3) is 1.00. The average molecular weight is 270 g/mol. The number of hydrogen-bond donors (Lipinski definition) is 2. The molecule has 0 heterocycles. The number of aliphatic hydroxyl groups excluding tert-OH is 1. The fourth-order valence-corrected chi connectivity index (χ4v) is 2.62. The molecule has 1 aliphatic carbocycles. The first kappa shape index (κ1) is 16.9. The van der Waals surface area contributed by atoms with E-state index in [1.165, 1.54) is 45.3 Å². The summed E-state index contributed by atoms with van der Waals surface area (Å²) in [6.45, 7) is 11.5. The van der Waals surface area contributed by atoms with E-state index in [-0.39, 0.29) is 12.1 Å². The fourth-order valence-electron chi connectivity index (χ4n) is 2.62. The van der Waals surface area contributed by atoms with Crippen LogP contribution in [0, 0.1) is 5.92 Å². The van der Waals surface area contributed by atoms with Crippen molar-refractivity contribution in [1.82, 2.24) is 10.2 Å². The summed E-state index contributed by atoms with van der Waals surface area (Å²) in [6.07, 6.45) is 7.49. The third kappa shape index (κ3) is 7.28. The average Bonchev–Trinajstić information content (AvgIpc) is 3.20. The molecule has 0 radical (unpaired) electrons. The van der Waals surface area contributed by atoms with Crippen molar-refractivity contribution < 1.29 is 5.11 Å². The third-order valence-corrected chi connectivity index (χ3v) is 4.11. The molecule has 2 N–H and O–H groups in total. The Morgan fingerprint density at radius 1 is 1.21 bits per heavy atom. The molecular weight excluding hydrogens is 236 g/mol. The van der Waals surface area contributed by atoms with Crippen LogP contribution in [0.25, 0.3) is 0 Å². The molecule has 1 aliphatic rings. The molecule has 19 heavy (non-hydrogen) atoms. The van der Waals surface area contributed by atoms with Gasteiger partial charge in [0, 0.05) is 12.1 Å². The molecule has 1 atom stereocenters. The highest BCUT2D eigenvalue weighted by Gasteiger charge is 2.25. The Balaban J connectivity index is 2.23. The van der Waals surface area contributed by atoms with Gasteiger partial charge in [-0.15, -0.1) is 0 Å². The summed E-state index contributed by atoms with van der Waals surface area (Å²) in [6, 6.07) is 0. The molecule has 0 saturated heterocycles. The van der Waals surface area contributed by atoms with Crippen molar-refractivity contribution in [2.24, 2.45) is 5.92 Å². The number of nitrogens with one attached hydrogen (secondary N) is 1. The van der Waals surface area contributed by atoms with Crippen molar-refractivity contribution in [2.75, 3.05) is 32.8 Å². The molecule has 1 rings (SSSR count). The molecule has 3 nitrogen and oxygen atoms in total. The number of aliphatic hydroxyl groups is 1. The largest absolute Gasteiger partial charge is 0.394 e. The van der Waals surface area contributed by atoms with Crippen LogP contribution in [0.5, 0.6) is 0 Å². The summed E-state index contributed by atoms with van der Waals surface area (Å²) in [5.74, 6) is 0.981. The van der Waals surface area contributed by atoms with Gasteiger partial charge in [-0.25, -0.2) is 0 Å². The van der Waals surface area contributed by atoms with E-state index in [0.717, 1.165) is 25.3 Å². The molecule has 0 amide bonds. The smallest absolute Gasteiger partial charge is 0.0610 e. The number of nitrogens with zero attached hydrogens (tertiary/aromatic N) is 1. The maximum atomic E-state index is 9.56. The second kappa shape index (κ2) is 8.93. The topological polar surface area (TPSA) is 35.5 Å². The highest BCUT2D eigenvalue weighted by atomic mass is 16.3. The van der Waals surface area contributed by atoms with Gasteiger partial charge in [0.2, 0.25) is 0 Å². The van der Waals surface area contributed by atoms with Crippen LogP contribution < -0.4 is 5.32 Å². The predicted molar refractivity (Wildman–Crippen MR) is 82.5 cm³/mol. The predicted octanol–water partition coefficient (Wildman–Crippen LogP) is 2.64. The van der Waals surface area contributed by atoms with Crippen LogP contribution in [0.4, 0.5) is 0 Å². The normalized spacial score (nSPS) is 18.8. The van der Waals surface area contributed by atoms with Gasteiger partial charge in [0.1, 0.15) is 0 Å². The molecule has 1 unspecified atom stereocenters. The maximum Gasteiger partial charge on any atom is 0.0610 e. The van der Waals surface area contributed by atoms with Gasteiger partial charge in [-0.2, -0.15) is 0 Å². The van der Waals surface area contributed by atoms with E-state index in [4.69, 9.17) is 0 Å². The van der Waals surface area contributed by atoms with Gasteiger partial charge in [-0.05, 0) is 71.0 Å². The van der Waals surface area contributed by atoms with E-state index in [9.17, 15) is 5.11 Å². The number of hydrogen-bond acceptors (Lipinski definition) is 3. The zero-order valence-corrected chi connectivity index (χ0v) is 13.2. The van der Waals surface area contributed by atoms with E-state index < -0.39 is 0 Å². The summed E-state index contributed by atoms with van der Waals surface area (Å²) in [4.78, 5) is 2.62. The second-order valence-electron chi connectivity index (χ2n) is 6.49. The lowest BCUT2D eigenvalue weighted by Crippen LogP contribution is -2.46. The lowest BCUT2D eigenvalue weighted by atomic mass is 9.96. The maximum absolute atomic E-state index is 9.56. The van der Waals surface area contributed by atoms with E-state index in [2.05, 4.69) is 31.0 Å². The van der Waals surface area contributed by atoms with Crippen LogP contribution in [-0.2, 0) is 0 Å². The Hall–Kier alpha value is -0.120. The van der Waals surface area contributed by atoms with Crippen molar-refractivity contribution >= 4 is 0 Å². The Morgan fingerprint density at radius 2 is 1.95 bits per heavy atom. The van der Waals surface area contributed by atoms with E-state index >= 15 is 0 Å². The minimum Gasteiger partial charge on any atom is -0.394 e. The van der Waals surface area contributed by atoms with Gasteiger partial charge in [0.15, 0.2) is 0 Å². The van der Waals surface area contributed by atoms with Crippen LogP contribution in [0.15, 0.2) is 0 Å². The Labute approximate surface area is 119 Å². The van der Waals surface area contributed by atoms with E-state index in [0.29, 0.717) is 0 Å². The summed E-state index contributed by atoms with van der Waals surface area (Å²) in [7, 11) is 0. The Bertz CT molecular complexity index is 231. The van der Waals surface area contributed by atoms with Crippen molar-refractivity contribution in [2.45, 2.75) is 64.8 Å². The Kier molecular flexibility index (Phi) is 7.96. The first-order valence-electron chi connectivity index (χ1n) is 8.21. The minimum atomic E-state index is -0.0898. The van der Waals surface area contributed by atoms with Gasteiger partial charge < -0.3 is 15.3 Å². The van der Waals surface area contributed by atoms with Crippen molar-refractivity contribution in [3.63, 3.8) is 0 Å². The van der Waals surface area contributed by atoms with Gasteiger partial charge >= 0.3 is 0 Å². The van der Waals surface area contributed by atoms with Crippen LogP contribution >= 0.6 is 0 Å². The summed E-state index contributed by atoms with van der Waals surface area (Å²) in [5.41, 5.74) is -0.0898. The van der Waals surface area contributed by atoms with E-state index in [1.807, 2.05) is 0 Å². The second-order valence-corrected chi connectivity index (χ2v) is 6.49. The minimum absolute atomic E-state index is 0.0898. The van der Waals surface area contributed by atoms with Crippen molar-refractivity contribution in [3.8, 4) is 0 Å². The van der Waals surface area contributed by atoms with Crippen LogP contribution in [0.2, 0.25) is 0 Å². The lowest BCUT2D eigenvalue weighted by molar-refractivity contribution is 0.155. The molecule has 1 fully saturated rings. The van der Waals surface area contributed by atoms with Crippen molar-refractivity contribution in [3.05, 3.63) is 0 Å². The monoisotopic (exact) mass is 270 g/mol. The molecule has 0 aliphatic heterocycles.